The third-order valence-corrected chi connectivity index (χ3v) is 6.59. The zero-order valence-electron chi connectivity index (χ0n) is 16.6. The summed E-state index contributed by atoms with van der Waals surface area (Å²) in [5.74, 6) is -0.518. The van der Waals surface area contributed by atoms with Crippen LogP contribution in [0.1, 0.15) is 23.2 Å². The molecule has 10 heteroatoms. The Kier molecular flexibility index (Phi) is 6.57. The van der Waals surface area contributed by atoms with E-state index in [1.165, 1.54) is 50.5 Å². The summed E-state index contributed by atoms with van der Waals surface area (Å²) in [4.78, 5) is 15.1. The van der Waals surface area contributed by atoms with Gasteiger partial charge in [0.05, 0.1) is 10.5 Å². The number of amides is 1. The lowest BCUT2D eigenvalue weighted by atomic mass is 10.1. The summed E-state index contributed by atoms with van der Waals surface area (Å²) >= 11 is 0. The van der Waals surface area contributed by atoms with Crippen LogP contribution in [0.5, 0.6) is 5.75 Å². The third kappa shape index (κ3) is 4.88. The number of halogens is 2. The number of alkyl halides is 2. The van der Waals surface area contributed by atoms with Crippen molar-refractivity contribution in [3.63, 3.8) is 0 Å². The summed E-state index contributed by atoms with van der Waals surface area (Å²) in [7, 11) is -0.870. The van der Waals surface area contributed by atoms with Crippen molar-refractivity contribution in [3.05, 3.63) is 48.0 Å². The smallest absolute Gasteiger partial charge is 0.387 e. The molecule has 1 fully saturated rings. The van der Waals surface area contributed by atoms with Gasteiger partial charge in [-0.05, 0) is 55.3 Å². The van der Waals surface area contributed by atoms with Crippen molar-refractivity contribution in [3.8, 4) is 5.75 Å². The van der Waals surface area contributed by atoms with E-state index in [1.807, 2.05) is 4.90 Å². The average Bonchev–Trinajstić information content (AvgIpc) is 3.23. The molecule has 7 nitrogen and oxygen atoms in total. The fraction of sp³-hybridized carbons (Fsp3) is 0.350. The van der Waals surface area contributed by atoms with Gasteiger partial charge in [0.15, 0.2) is 0 Å². The Morgan fingerprint density at radius 3 is 2.30 bits per heavy atom. The SMILES string of the molecule is CN(C)S(=O)(=O)c1ccc(N2CCCC2)c(C(=O)Nc2ccc(OC(F)F)cc2)c1. The molecule has 1 aliphatic rings. The Balaban J connectivity index is 1.92. The van der Waals surface area contributed by atoms with Crippen LogP contribution in [0.2, 0.25) is 0 Å². The standard InChI is InChI=1S/C20H23F2N3O4S/c1-24(2)30(27,28)16-9-10-18(25-11-3-4-12-25)17(13-16)19(26)23-14-5-7-15(8-6-14)29-20(21)22/h5-10,13,20H,3-4,11-12H2,1-2H3,(H,23,26). The molecule has 2 aromatic rings. The first kappa shape index (κ1) is 22.0. The molecular weight excluding hydrogens is 416 g/mol. The molecule has 2 aromatic carbocycles. The molecule has 0 unspecified atom stereocenters. The second kappa shape index (κ2) is 8.97. The lowest BCUT2D eigenvalue weighted by molar-refractivity contribution is -0.0498. The Morgan fingerprint density at radius 2 is 1.73 bits per heavy atom. The summed E-state index contributed by atoms with van der Waals surface area (Å²) in [5.41, 5.74) is 1.25. The molecular formula is C20H23F2N3O4S. The minimum Gasteiger partial charge on any atom is -0.435 e. The molecule has 0 spiro atoms. The maximum atomic E-state index is 13.0. The van der Waals surface area contributed by atoms with E-state index in [1.54, 1.807) is 6.07 Å². The van der Waals surface area contributed by atoms with Crippen LogP contribution >= 0.6 is 0 Å². The number of sulfonamides is 1. The van der Waals surface area contributed by atoms with Gasteiger partial charge in [0.25, 0.3) is 5.91 Å². The number of benzene rings is 2. The number of carbonyl (C=O) groups excluding carboxylic acids is 1. The van der Waals surface area contributed by atoms with Crippen LogP contribution in [0, 0.1) is 0 Å². The molecule has 0 bridgehead atoms. The summed E-state index contributed by atoms with van der Waals surface area (Å²) in [6.07, 6.45) is 1.98. The fourth-order valence-electron chi connectivity index (χ4n) is 3.22. The van der Waals surface area contributed by atoms with E-state index in [2.05, 4.69) is 10.1 Å². The minimum absolute atomic E-state index is 0.0151. The van der Waals surface area contributed by atoms with E-state index >= 15 is 0 Å². The molecule has 162 valence electrons. The molecule has 0 aliphatic carbocycles. The van der Waals surface area contributed by atoms with Gasteiger partial charge in [-0.2, -0.15) is 8.78 Å². The van der Waals surface area contributed by atoms with Crippen molar-refractivity contribution >= 4 is 27.3 Å². The van der Waals surface area contributed by atoms with E-state index in [9.17, 15) is 22.0 Å². The third-order valence-electron chi connectivity index (χ3n) is 4.78. The number of rotatable bonds is 7. The lowest BCUT2D eigenvalue weighted by Crippen LogP contribution is -2.25. The average molecular weight is 439 g/mol. The van der Waals surface area contributed by atoms with Gasteiger partial charge in [0.1, 0.15) is 5.75 Å². The van der Waals surface area contributed by atoms with Crippen LogP contribution in [0.3, 0.4) is 0 Å². The van der Waals surface area contributed by atoms with Crippen LogP contribution in [0.15, 0.2) is 47.4 Å². The fourth-order valence-corrected chi connectivity index (χ4v) is 4.15. The summed E-state index contributed by atoms with van der Waals surface area (Å²) in [5, 5.41) is 2.69. The predicted molar refractivity (Wildman–Crippen MR) is 110 cm³/mol. The predicted octanol–water partition coefficient (Wildman–Crippen LogP) is 3.39. The van der Waals surface area contributed by atoms with Crippen LogP contribution in [-0.4, -0.2) is 52.4 Å². The molecule has 0 radical (unpaired) electrons. The zero-order valence-corrected chi connectivity index (χ0v) is 17.5. The van der Waals surface area contributed by atoms with Crippen LogP contribution in [-0.2, 0) is 10.0 Å². The highest BCUT2D eigenvalue weighted by Gasteiger charge is 2.24. The van der Waals surface area contributed by atoms with Gasteiger partial charge < -0.3 is 15.0 Å². The molecule has 0 saturated carbocycles. The minimum atomic E-state index is -3.72. The lowest BCUT2D eigenvalue weighted by Gasteiger charge is -2.22. The van der Waals surface area contributed by atoms with Crippen LogP contribution in [0.25, 0.3) is 0 Å². The Labute approximate surface area is 174 Å². The Hall–Kier alpha value is -2.72. The number of ether oxygens (including phenoxy) is 1. The van der Waals surface area contributed by atoms with Crippen LogP contribution < -0.4 is 15.0 Å². The van der Waals surface area contributed by atoms with Gasteiger partial charge in [-0.1, -0.05) is 0 Å². The second-order valence-electron chi connectivity index (χ2n) is 7.02. The monoisotopic (exact) mass is 439 g/mol. The largest absolute Gasteiger partial charge is 0.435 e. The molecule has 1 amide bonds. The van der Waals surface area contributed by atoms with E-state index in [-0.39, 0.29) is 16.2 Å². The molecule has 30 heavy (non-hydrogen) atoms. The van der Waals surface area contributed by atoms with Crippen molar-refractivity contribution in [2.75, 3.05) is 37.4 Å². The summed E-state index contributed by atoms with van der Waals surface area (Å²) < 4.78 is 55.0. The van der Waals surface area contributed by atoms with Gasteiger partial charge in [0, 0.05) is 38.6 Å². The first-order chi connectivity index (χ1) is 14.2. The maximum absolute atomic E-state index is 13.0. The molecule has 0 atom stereocenters. The van der Waals surface area contributed by atoms with Crippen molar-refractivity contribution < 1.29 is 26.7 Å². The van der Waals surface area contributed by atoms with Gasteiger partial charge >= 0.3 is 6.61 Å². The number of hydrogen-bond donors (Lipinski definition) is 1. The Bertz CT molecular complexity index is 1010. The quantitative estimate of drug-likeness (QED) is 0.716. The first-order valence-corrected chi connectivity index (χ1v) is 10.8. The van der Waals surface area contributed by atoms with E-state index in [0.717, 1.165) is 30.2 Å². The van der Waals surface area contributed by atoms with Crippen molar-refractivity contribution in [1.29, 1.82) is 0 Å². The molecule has 1 saturated heterocycles. The van der Waals surface area contributed by atoms with E-state index in [0.29, 0.717) is 11.4 Å². The van der Waals surface area contributed by atoms with Crippen molar-refractivity contribution in [2.45, 2.75) is 24.3 Å². The van der Waals surface area contributed by atoms with Crippen molar-refractivity contribution in [2.24, 2.45) is 0 Å². The van der Waals surface area contributed by atoms with Gasteiger partial charge in [-0.25, -0.2) is 12.7 Å². The highest BCUT2D eigenvalue weighted by Crippen LogP contribution is 2.29. The first-order valence-electron chi connectivity index (χ1n) is 9.36. The Morgan fingerprint density at radius 1 is 1.10 bits per heavy atom. The second-order valence-corrected chi connectivity index (χ2v) is 9.17. The molecule has 1 heterocycles. The number of nitrogens with zero attached hydrogens (tertiary/aromatic N) is 2. The van der Waals surface area contributed by atoms with Gasteiger partial charge in [0.2, 0.25) is 10.0 Å². The van der Waals surface area contributed by atoms with Gasteiger partial charge in [-0.15, -0.1) is 0 Å². The van der Waals surface area contributed by atoms with Gasteiger partial charge in [-0.3, -0.25) is 4.79 Å². The normalized spacial score (nSPS) is 14.4. The number of nitrogens with one attached hydrogen (secondary N) is 1. The van der Waals surface area contributed by atoms with Crippen molar-refractivity contribution in [1.82, 2.24) is 4.31 Å². The molecule has 1 aliphatic heterocycles. The highest BCUT2D eigenvalue weighted by molar-refractivity contribution is 7.89. The number of anilines is 2. The number of carbonyl (C=O) groups is 1. The van der Waals surface area contributed by atoms with Crippen LogP contribution in [0.4, 0.5) is 20.2 Å². The van der Waals surface area contributed by atoms with E-state index < -0.39 is 22.5 Å². The topological polar surface area (TPSA) is 79.0 Å². The maximum Gasteiger partial charge on any atom is 0.387 e. The molecule has 3 rings (SSSR count). The highest BCUT2D eigenvalue weighted by atomic mass is 32.2. The van der Waals surface area contributed by atoms with E-state index in [4.69, 9.17) is 0 Å². The molecule has 0 aromatic heterocycles. The molecule has 1 N–H and O–H groups in total. The summed E-state index contributed by atoms with van der Waals surface area (Å²) in [6.45, 7) is -1.38. The zero-order chi connectivity index (χ0) is 21.9. The summed E-state index contributed by atoms with van der Waals surface area (Å²) in [6, 6.07) is 10.0. The number of hydrogen-bond acceptors (Lipinski definition) is 5.